The molecule has 0 spiro atoms. The maximum Gasteiger partial charge on any atom is 0.315 e. The van der Waals surface area contributed by atoms with Gasteiger partial charge in [-0.25, -0.2) is 0 Å². The average molecular weight is 786 g/mol. The number of halogens is 1. The minimum atomic E-state index is -5.02. The molecule has 2 aromatic heterocycles. The molecule has 6 rings (SSSR count). The zero-order chi connectivity index (χ0) is 38.5. The van der Waals surface area contributed by atoms with Gasteiger partial charge in [0.15, 0.2) is 5.69 Å². The highest BCUT2D eigenvalue weighted by Gasteiger charge is 2.25. The molecule has 0 amide bonds. The molecule has 0 aliphatic heterocycles. The van der Waals surface area contributed by atoms with Crippen LogP contribution in [0.3, 0.4) is 0 Å². The number of nitrogens with one attached hydrogen (secondary N) is 2. The Balaban J connectivity index is 1.39. The number of rotatable bonds is 10. The molecule has 2 heterocycles. The largest absolute Gasteiger partial charge is 0.492 e. The van der Waals surface area contributed by atoms with Crippen LogP contribution < -0.4 is 10.6 Å². The third-order valence-electron chi connectivity index (χ3n) is 7.46. The predicted molar refractivity (Wildman–Crippen MR) is 185 cm³/mol. The van der Waals surface area contributed by atoms with Gasteiger partial charge in [0.25, 0.3) is 30.4 Å². The Bertz CT molecular complexity index is 2830. The van der Waals surface area contributed by atoms with E-state index in [-0.39, 0.29) is 39.7 Å². The Kier molecular flexibility index (Phi) is 9.40. The van der Waals surface area contributed by atoms with E-state index >= 15 is 0 Å². The molecule has 0 aliphatic rings. The number of para-hydroxylation sites is 1. The Hall–Kier alpha value is -5.98. The molecule has 274 valence electrons. The van der Waals surface area contributed by atoms with Crippen LogP contribution in [-0.2, 0) is 30.4 Å². The summed E-state index contributed by atoms with van der Waals surface area (Å²) in [4.78, 5) is 9.11. The SMILES string of the molecule is Cc1ccccc1Nc1nc(F)nc(Nc2ccc(S(=O)(=O)O)c(N=Nc3c(C)nn(-c4cc(S(=O)(=O)O)c5cccc(S(=O)(=O)O)c5c4)c3O)c2)n1. The number of azo groups is 1. The maximum atomic E-state index is 14.4. The van der Waals surface area contributed by atoms with Crippen molar-refractivity contribution in [1.29, 1.82) is 0 Å². The zero-order valence-electron chi connectivity index (χ0n) is 26.9. The van der Waals surface area contributed by atoms with Gasteiger partial charge < -0.3 is 15.7 Å². The van der Waals surface area contributed by atoms with Crippen molar-refractivity contribution in [1.82, 2.24) is 24.7 Å². The Morgan fingerprint density at radius 1 is 0.698 bits per heavy atom. The van der Waals surface area contributed by atoms with Crippen LogP contribution in [0.2, 0.25) is 0 Å². The van der Waals surface area contributed by atoms with Crippen LogP contribution in [0, 0.1) is 19.9 Å². The standard InChI is InChI=1S/C30H24FN9O10S3/c1-15-6-3-4-8-21(15)33-30-35-28(31)34-29(36-30)32-17-10-11-24(52(45,46)47)22(12-17)37-38-26-16(2)39-40(27(26)41)18-13-20-19(25(14-18)53(48,49)50)7-5-9-23(20)51(42,43)44/h3-14,41H,1-2H3,(H,42,43,44)(H,45,46,47)(H,48,49,50)(H2,32,33,34,35,36). The molecule has 4 aromatic carbocycles. The molecule has 6 aromatic rings. The smallest absolute Gasteiger partial charge is 0.315 e. The highest BCUT2D eigenvalue weighted by molar-refractivity contribution is 7.86. The second-order valence-electron chi connectivity index (χ2n) is 11.1. The number of anilines is 4. The molecule has 6 N–H and O–H groups in total. The van der Waals surface area contributed by atoms with Gasteiger partial charge in [-0.05, 0) is 61.9 Å². The fraction of sp³-hybridized carbons (Fsp3) is 0.0667. The lowest BCUT2D eigenvalue weighted by atomic mass is 10.1. The normalized spacial score (nSPS) is 12.4. The van der Waals surface area contributed by atoms with Crippen LogP contribution in [0.15, 0.2) is 97.7 Å². The van der Waals surface area contributed by atoms with E-state index in [2.05, 4.69) is 40.9 Å². The van der Waals surface area contributed by atoms with Gasteiger partial charge in [-0.3, -0.25) is 13.7 Å². The number of hydrogen-bond donors (Lipinski definition) is 6. The van der Waals surface area contributed by atoms with Crippen molar-refractivity contribution in [3.63, 3.8) is 0 Å². The number of nitrogens with zero attached hydrogens (tertiary/aromatic N) is 7. The quantitative estimate of drug-likeness (QED) is 0.0757. The average Bonchev–Trinajstić information content (AvgIpc) is 3.34. The van der Waals surface area contributed by atoms with Crippen molar-refractivity contribution in [2.24, 2.45) is 10.2 Å². The van der Waals surface area contributed by atoms with Crippen LogP contribution in [0.1, 0.15) is 11.3 Å². The molecule has 0 fully saturated rings. The van der Waals surface area contributed by atoms with Crippen LogP contribution in [0.4, 0.5) is 39.0 Å². The molecule has 0 aliphatic carbocycles. The second kappa shape index (κ2) is 13.5. The van der Waals surface area contributed by atoms with E-state index in [1.807, 2.05) is 13.0 Å². The lowest BCUT2D eigenvalue weighted by Gasteiger charge is -2.11. The molecule has 0 unspecified atom stereocenters. The molecule has 23 heteroatoms. The summed E-state index contributed by atoms with van der Waals surface area (Å²) >= 11 is 0. The molecule has 0 radical (unpaired) electrons. The highest BCUT2D eigenvalue weighted by Crippen LogP contribution is 2.38. The molecule has 0 bridgehead atoms. The topological polar surface area (TPSA) is 289 Å². The van der Waals surface area contributed by atoms with E-state index in [1.54, 1.807) is 18.2 Å². The first-order valence-corrected chi connectivity index (χ1v) is 19.0. The minimum absolute atomic E-state index is 0.0407. The molecular formula is C30H24FN9O10S3. The van der Waals surface area contributed by atoms with E-state index in [0.717, 1.165) is 46.6 Å². The van der Waals surface area contributed by atoms with Crippen molar-refractivity contribution in [3.8, 4) is 11.6 Å². The first-order chi connectivity index (χ1) is 24.8. The summed E-state index contributed by atoms with van der Waals surface area (Å²) in [5.41, 5.74) is 0.180. The molecule has 0 saturated heterocycles. The fourth-order valence-corrected chi connectivity index (χ4v) is 7.12. The van der Waals surface area contributed by atoms with Crippen molar-refractivity contribution in [2.75, 3.05) is 10.6 Å². The van der Waals surface area contributed by atoms with Crippen molar-refractivity contribution in [3.05, 3.63) is 90.1 Å². The van der Waals surface area contributed by atoms with E-state index in [0.29, 0.717) is 5.69 Å². The summed E-state index contributed by atoms with van der Waals surface area (Å²) in [6.07, 6.45) is -1.15. The number of aryl methyl sites for hydroxylation is 2. The van der Waals surface area contributed by atoms with E-state index in [1.165, 1.54) is 19.1 Å². The first-order valence-electron chi connectivity index (χ1n) is 14.6. The number of benzene rings is 4. The number of hydrogen-bond acceptors (Lipinski definition) is 15. The van der Waals surface area contributed by atoms with Crippen LogP contribution >= 0.6 is 0 Å². The van der Waals surface area contributed by atoms with Gasteiger partial charge in [-0.1, -0.05) is 30.3 Å². The lowest BCUT2D eigenvalue weighted by molar-refractivity contribution is 0.434. The van der Waals surface area contributed by atoms with E-state index in [9.17, 15) is 48.4 Å². The zero-order valence-corrected chi connectivity index (χ0v) is 29.3. The third-order valence-corrected chi connectivity index (χ3v) is 10.2. The third kappa shape index (κ3) is 7.79. The van der Waals surface area contributed by atoms with Gasteiger partial charge >= 0.3 is 6.08 Å². The summed E-state index contributed by atoms with van der Waals surface area (Å²) in [5, 5.41) is 27.9. The molecule has 19 nitrogen and oxygen atoms in total. The van der Waals surface area contributed by atoms with E-state index in [4.69, 9.17) is 0 Å². The van der Waals surface area contributed by atoms with Gasteiger partial charge in [0.1, 0.15) is 20.4 Å². The minimum Gasteiger partial charge on any atom is -0.492 e. The van der Waals surface area contributed by atoms with E-state index < -0.39 is 68.4 Å². The predicted octanol–water partition coefficient (Wildman–Crippen LogP) is 5.31. The van der Waals surface area contributed by atoms with Crippen LogP contribution in [0.25, 0.3) is 16.5 Å². The summed E-state index contributed by atoms with van der Waals surface area (Å²) in [7, 11) is -14.8. The van der Waals surface area contributed by atoms with Gasteiger partial charge in [0, 0.05) is 22.1 Å². The first kappa shape index (κ1) is 36.8. The van der Waals surface area contributed by atoms with Crippen LogP contribution in [0.5, 0.6) is 5.88 Å². The second-order valence-corrected chi connectivity index (χ2v) is 15.3. The fourth-order valence-electron chi connectivity index (χ4n) is 5.09. The van der Waals surface area contributed by atoms with Crippen molar-refractivity contribution < 1.29 is 48.4 Å². The molecule has 0 saturated carbocycles. The van der Waals surface area contributed by atoms with Gasteiger partial charge in [0.05, 0.1) is 11.4 Å². The Morgan fingerprint density at radius 2 is 1.36 bits per heavy atom. The summed E-state index contributed by atoms with van der Waals surface area (Å²) in [6.45, 7) is 3.14. The van der Waals surface area contributed by atoms with Gasteiger partial charge in [-0.15, -0.1) is 10.2 Å². The summed E-state index contributed by atoms with van der Waals surface area (Å²) in [6, 6.07) is 15.5. The number of aromatic nitrogens is 5. The summed E-state index contributed by atoms with van der Waals surface area (Å²) < 4.78 is 118. The van der Waals surface area contributed by atoms with Crippen molar-refractivity contribution in [2.45, 2.75) is 28.5 Å². The number of fused-ring (bicyclic) bond motifs is 1. The Morgan fingerprint density at radius 3 is 2.02 bits per heavy atom. The Labute approximate surface area is 299 Å². The molecular weight excluding hydrogens is 762 g/mol. The van der Waals surface area contributed by atoms with Crippen molar-refractivity contribution >= 4 is 75.8 Å². The monoisotopic (exact) mass is 785 g/mol. The lowest BCUT2D eigenvalue weighted by Crippen LogP contribution is -2.07. The molecule has 0 atom stereocenters. The maximum absolute atomic E-state index is 14.4. The highest BCUT2D eigenvalue weighted by atomic mass is 32.2. The van der Waals surface area contributed by atoms with Gasteiger partial charge in [-0.2, -0.15) is 54.4 Å². The van der Waals surface area contributed by atoms with Crippen LogP contribution in [-0.4, -0.2) is 68.8 Å². The van der Waals surface area contributed by atoms with Gasteiger partial charge in [0.2, 0.25) is 17.8 Å². The number of aromatic hydroxyl groups is 1. The molecule has 53 heavy (non-hydrogen) atoms. The summed E-state index contributed by atoms with van der Waals surface area (Å²) in [5.74, 6) is -1.27.